The van der Waals surface area contributed by atoms with Crippen LogP contribution in [0.2, 0.25) is 5.02 Å². The monoisotopic (exact) mass is 444 g/mol. The third-order valence-electron chi connectivity index (χ3n) is 5.34. The molecule has 0 spiro atoms. The molecule has 0 radical (unpaired) electrons. The van der Waals surface area contributed by atoms with Crippen molar-refractivity contribution in [3.05, 3.63) is 59.2 Å². The minimum Gasteiger partial charge on any atom is -0.494 e. The number of fused-ring (bicyclic) bond motifs is 1. The molecule has 0 bridgehead atoms. The smallest absolute Gasteiger partial charge is 0.119 e. The molecule has 1 saturated heterocycles. The standard InChI is InChI=1S/C23H29ClN4OS/c24-19-2-7-23-22(16-19)18(17-26-23)8-9-27-30-21-5-3-20(4-6-21)29-15-1-12-28-13-10-25-11-14-28/h2-7,16-17,25-27H,1,8-15H2. The Kier molecular flexibility index (Phi) is 7.94. The van der Waals surface area contributed by atoms with Crippen LogP contribution in [0.1, 0.15) is 12.0 Å². The van der Waals surface area contributed by atoms with E-state index in [4.69, 9.17) is 16.3 Å². The maximum Gasteiger partial charge on any atom is 0.119 e. The molecule has 1 aromatic heterocycles. The third kappa shape index (κ3) is 6.15. The number of aromatic nitrogens is 1. The van der Waals surface area contributed by atoms with Gasteiger partial charge in [0.1, 0.15) is 5.75 Å². The second-order valence-corrected chi connectivity index (χ2v) is 8.92. The Bertz CT molecular complexity index is 925. The summed E-state index contributed by atoms with van der Waals surface area (Å²) >= 11 is 7.78. The molecular weight excluding hydrogens is 416 g/mol. The van der Waals surface area contributed by atoms with Crippen LogP contribution >= 0.6 is 23.5 Å². The number of benzene rings is 2. The SMILES string of the molecule is Clc1ccc2[nH]cc(CCNSc3ccc(OCCCN4CCNCC4)cc3)c2c1. The second-order valence-electron chi connectivity index (χ2n) is 7.52. The van der Waals surface area contributed by atoms with Gasteiger partial charge in [0.05, 0.1) is 6.61 Å². The predicted octanol–water partition coefficient (Wildman–Crippen LogP) is 4.33. The molecule has 0 saturated carbocycles. The highest BCUT2D eigenvalue weighted by Gasteiger charge is 2.08. The fraction of sp³-hybridized carbons (Fsp3) is 0.391. The molecule has 7 heteroatoms. The van der Waals surface area contributed by atoms with Crippen LogP contribution < -0.4 is 14.8 Å². The number of aromatic amines is 1. The Labute approximate surface area is 187 Å². The summed E-state index contributed by atoms with van der Waals surface area (Å²) in [6, 6.07) is 14.3. The molecule has 0 aliphatic carbocycles. The van der Waals surface area contributed by atoms with E-state index in [1.165, 1.54) is 15.8 Å². The number of hydrogen-bond acceptors (Lipinski definition) is 5. The van der Waals surface area contributed by atoms with E-state index in [-0.39, 0.29) is 0 Å². The van der Waals surface area contributed by atoms with Gasteiger partial charge in [0, 0.05) is 66.3 Å². The van der Waals surface area contributed by atoms with Crippen molar-refractivity contribution in [1.29, 1.82) is 0 Å². The van der Waals surface area contributed by atoms with Crippen LogP contribution in [0.25, 0.3) is 10.9 Å². The van der Waals surface area contributed by atoms with Gasteiger partial charge in [-0.25, -0.2) is 0 Å². The molecule has 2 aromatic carbocycles. The number of ether oxygens (including phenoxy) is 1. The quantitative estimate of drug-likeness (QED) is 0.321. The summed E-state index contributed by atoms with van der Waals surface area (Å²) in [5, 5.41) is 5.36. The fourth-order valence-electron chi connectivity index (χ4n) is 3.69. The number of halogens is 1. The van der Waals surface area contributed by atoms with E-state index in [2.05, 4.69) is 50.4 Å². The summed E-state index contributed by atoms with van der Waals surface area (Å²) in [5.41, 5.74) is 2.41. The maximum atomic E-state index is 6.13. The molecule has 1 aliphatic rings. The number of nitrogens with zero attached hydrogens (tertiary/aromatic N) is 1. The molecule has 30 heavy (non-hydrogen) atoms. The lowest BCUT2D eigenvalue weighted by atomic mass is 10.1. The summed E-state index contributed by atoms with van der Waals surface area (Å²) < 4.78 is 9.34. The van der Waals surface area contributed by atoms with E-state index in [9.17, 15) is 0 Å². The van der Waals surface area contributed by atoms with Crippen molar-refractivity contribution < 1.29 is 4.74 Å². The Morgan fingerprint density at radius 3 is 2.77 bits per heavy atom. The van der Waals surface area contributed by atoms with Gasteiger partial charge in [-0.1, -0.05) is 11.6 Å². The Hall–Kier alpha value is -1.70. The zero-order valence-corrected chi connectivity index (χ0v) is 18.7. The van der Waals surface area contributed by atoms with Gasteiger partial charge in [-0.2, -0.15) is 0 Å². The first kappa shape index (κ1) is 21.5. The zero-order valence-electron chi connectivity index (χ0n) is 17.1. The summed E-state index contributed by atoms with van der Waals surface area (Å²) in [5.74, 6) is 0.940. The van der Waals surface area contributed by atoms with Crippen molar-refractivity contribution in [1.82, 2.24) is 19.9 Å². The van der Waals surface area contributed by atoms with Crippen molar-refractivity contribution in [3.63, 3.8) is 0 Å². The molecule has 4 rings (SSSR count). The molecule has 0 amide bonds. The highest BCUT2D eigenvalue weighted by molar-refractivity contribution is 7.97. The average Bonchev–Trinajstić information content (AvgIpc) is 3.18. The average molecular weight is 445 g/mol. The summed E-state index contributed by atoms with van der Waals surface area (Å²) in [4.78, 5) is 6.99. The highest BCUT2D eigenvalue weighted by Crippen LogP contribution is 2.23. The van der Waals surface area contributed by atoms with Gasteiger partial charge >= 0.3 is 0 Å². The van der Waals surface area contributed by atoms with E-state index < -0.39 is 0 Å². The minimum absolute atomic E-state index is 0.767. The number of H-pyrrole nitrogens is 1. The van der Waals surface area contributed by atoms with Crippen LogP contribution in [-0.4, -0.2) is 55.8 Å². The summed E-state index contributed by atoms with van der Waals surface area (Å²) in [6.07, 6.45) is 4.08. The van der Waals surface area contributed by atoms with Crippen molar-refractivity contribution in [2.75, 3.05) is 45.9 Å². The number of rotatable bonds is 10. The van der Waals surface area contributed by atoms with Crippen LogP contribution in [-0.2, 0) is 6.42 Å². The van der Waals surface area contributed by atoms with Gasteiger partial charge in [-0.3, -0.25) is 4.72 Å². The molecule has 3 N–H and O–H groups in total. The first-order valence-electron chi connectivity index (χ1n) is 10.6. The molecule has 5 nitrogen and oxygen atoms in total. The third-order valence-corrected chi connectivity index (χ3v) is 6.43. The van der Waals surface area contributed by atoms with Crippen molar-refractivity contribution >= 4 is 34.5 Å². The molecule has 1 aliphatic heterocycles. The van der Waals surface area contributed by atoms with Crippen LogP contribution in [0.5, 0.6) is 5.75 Å². The topological polar surface area (TPSA) is 52.3 Å². The van der Waals surface area contributed by atoms with Crippen LogP contribution in [0.4, 0.5) is 0 Å². The predicted molar refractivity (Wildman–Crippen MR) is 127 cm³/mol. The van der Waals surface area contributed by atoms with Crippen LogP contribution in [0, 0.1) is 0 Å². The molecule has 3 aromatic rings. The summed E-state index contributed by atoms with van der Waals surface area (Å²) in [7, 11) is 0. The van der Waals surface area contributed by atoms with Crippen molar-refractivity contribution in [2.24, 2.45) is 0 Å². The molecule has 160 valence electrons. The Balaban J connectivity index is 1.14. The fourth-order valence-corrected chi connectivity index (χ4v) is 4.51. The lowest BCUT2D eigenvalue weighted by Gasteiger charge is -2.26. The number of hydrogen-bond donors (Lipinski definition) is 3. The Morgan fingerprint density at radius 1 is 1.10 bits per heavy atom. The lowest BCUT2D eigenvalue weighted by Crippen LogP contribution is -2.43. The van der Waals surface area contributed by atoms with E-state index in [1.807, 2.05) is 18.2 Å². The summed E-state index contributed by atoms with van der Waals surface area (Å²) in [6.45, 7) is 7.26. The van der Waals surface area contributed by atoms with E-state index >= 15 is 0 Å². The van der Waals surface area contributed by atoms with Crippen molar-refractivity contribution in [3.8, 4) is 5.75 Å². The van der Waals surface area contributed by atoms with Crippen molar-refractivity contribution in [2.45, 2.75) is 17.7 Å². The first-order valence-corrected chi connectivity index (χ1v) is 11.8. The maximum absolute atomic E-state index is 6.13. The zero-order chi connectivity index (χ0) is 20.6. The molecule has 1 fully saturated rings. The minimum atomic E-state index is 0.767. The normalized spacial score (nSPS) is 15.0. The second kappa shape index (κ2) is 11.1. The lowest BCUT2D eigenvalue weighted by molar-refractivity contribution is 0.214. The van der Waals surface area contributed by atoms with E-state index in [0.29, 0.717) is 0 Å². The molecular formula is C23H29ClN4OS. The van der Waals surface area contributed by atoms with Gasteiger partial charge < -0.3 is 19.9 Å². The van der Waals surface area contributed by atoms with E-state index in [1.54, 1.807) is 11.9 Å². The highest BCUT2D eigenvalue weighted by atomic mass is 35.5. The number of piperazine rings is 1. The van der Waals surface area contributed by atoms with Gasteiger partial charge in [0.2, 0.25) is 0 Å². The van der Waals surface area contributed by atoms with Crippen LogP contribution in [0.15, 0.2) is 53.6 Å². The largest absolute Gasteiger partial charge is 0.494 e. The van der Waals surface area contributed by atoms with Gasteiger partial charge in [0.15, 0.2) is 0 Å². The van der Waals surface area contributed by atoms with Gasteiger partial charge in [-0.05, 0) is 72.8 Å². The first-order chi connectivity index (χ1) is 14.8. The molecule has 2 heterocycles. The number of nitrogens with one attached hydrogen (secondary N) is 3. The molecule has 0 atom stereocenters. The Morgan fingerprint density at radius 2 is 1.93 bits per heavy atom. The van der Waals surface area contributed by atoms with E-state index in [0.717, 1.165) is 75.0 Å². The van der Waals surface area contributed by atoms with Gasteiger partial charge in [0.25, 0.3) is 0 Å². The molecule has 0 unspecified atom stereocenters. The van der Waals surface area contributed by atoms with Gasteiger partial charge in [-0.15, -0.1) is 0 Å². The van der Waals surface area contributed by atoms with Crippen LogP contribution in [0.3, 0.4) is 0 Å².